The molecule has 0 saturated heterocycles. The molecule has 0 spiro atoms. The topological polar surface area (TPSA) is 0 Å². The van der Waals surface area contributed by atoms with E-state index in [1.54, 1.807) is 0 Å². The average Bonchev–Trinajstić information content (AvgIpc) is 1.38. The smallest absolute Gasteiger partial charge is 0.120 e. The van der Waals surface area contributed by atoms with Gasteiger partial charge in [-0.25, -0.2) is 4.39 Å². The number of rotatable bonds is 1. The molecule has 2 heteroatoms. The molecule has 0 radical (unpaired) electrons. The molecule has 0 heterocycles. The highest BCUT2D eigenvalue weighted by Crippen LogP contribution is 1.97. The van der Waals surface area contributed by atoms with E-state index < -0.39 is 6.67 Å². The van der Waals surface area contributed by atoms with Crippen molar-refractivity contribution in [2.75, 3.05) is 6.67 Å². The predicted octanol–water partition coefficient (Wildman–Crippen LogP) is 1.86. The zero-order chi connectivity index (χ0) is 4.28. The van der Waals surface area contributed by atoms with Crippen molar-refractivity contribution in [1.29, 1.82) is 0 Å². The van der Waals surface area contributed by atoms with Gasteiger partial charge in [0.05, 0.1) is 0 Å². The van der Waals surface area contributed by atoms with E-state index in [0.29, 0.717) is 4.48 Å². The van der Waals surface area contributed by atoms with Gasteiger partial charge in [0.25, 0.3) is 0 Å². The minimum Gasteiger partial charge on any atom is -0.245 e. The molecule has 0 unspecified atom stereocenters. The van der Waals surface area contributed by atoms with Crippen molar-refractivity contribution in [2.45, 2.75) is 0 Å². The van der Waals surface area contributed by atoms with Gasteiger partial charge in [0.1, 0.15) is 6.67 Å². The lowest BCUT2D eigenvalue weighted by Crippen LogP contribution is -1.62. The normalized spacial score (nSPS) is 7.60. The molecule has 0 aliphatic rings. The van der Waals surface area contributed by atoms with Gasteiger partial charge in [-0.3, -0.25) is 0 Å². The maximum Gasteiger partial charge on any atom is 0.120 e. The Kier molecular flexibility index (Phi) is 2.46. The Morgan fingerprint density at radius 1 is 2.00 bits per heavy atom. The number of hydrogen-bond acceptors (Lipinski definition) is 0. The third kappa shape index (κ3) is 4.15. The van der Waals surface area contributed by atoms with E-state index in [9.17, 15) is 4.39 Å². The van der Waals surface area contributed by atoms with Crippen LogP contribution in [0.4, 0.5) is 4.39 Å². The number of alkyl halides is 1. The van der Waals surface area contributed by atoms with E-state index in [0.717, 1.165) is 0 Å². The second-order valence-electron chi connectivity index (χ2n) is 0.651. The quantitative estimate of drug-likeness (QED) is 0.520. The fraction of sp³-hybridized carbons (Fsp3) is 0.333. The first kappa shape index (κ1) is 5.15. The van der Waals surface area contributed by atoms with Crippen molar-refractivity contribution >= 4 is 15.9 Å². The summed E-state index contributed by atoms with van der Waals surface area (Å²) >= 11 is 2.80. The van der Waals surface area contributed by atoms with E-state index in [1.807, 2.05) is 0 Å². The van der Waals surface area contributed by atoms with Gasteiger partial charge in [0, 0.05) is 4.48 Å². The average molecular weight is 139 g/mol. The standard InChI is InChI=1S/C3H4BrF/c1-3(4)2-5/h1-2H2. The summed E-state index contributed by atoms with van der Waals surface area (Å²) in [6.07, 6.45) is 0. The lowest BCUT2D eigenvalue weighted by Gasteiger charge is -1.73. The van der Waals surface area contributed by atoms with E-state index >= 15 is 0 Å². The van der Waals surface area contributed by atoms with Crippen molar-refractivity contribution in [3.63, 3.8) is 0 Å². The Balaban J connectivity index is 2.85. The highest BCUT2D eigenvalue weighted by molar-refractivity contribution is 9.11. The molecule has 0 saturated carbocycles. The predicted molar refractivity (Wildman–Crippen MR) is 24.0 cm³/mol. The summed E-state index contributed by atoms with van der Waals surface area (Å²) in [5.41, 5.74) is 0. The first-order valence-corrected chi connectivity index (χ1v) is 1.96. The second-order valence-corrected chi connectivity index (χ2v) is 1.77. The lowest BCUT2D eigenvalue weighted by molar-refractivity contribution is 0.559. The molecule has 5 heavy (non-hydrogen) atoms. The Bertz CT molecular complexity index is 42.2. The van der Waals surface area contributed by atoms with Gasteiger partial charge in [-0.05, 0) is 0 Å². The van der Waals surface area contributed by atoms with Gasteiger partial charge >= 0.3 is 0 Å². The molecule has 0 aromatic heterocycles. The summed E-state index contributed by atoms with van der Waals surface area (Å²) < 4.78 is 11.4. The molecule has 0 aliphatic heterocycles. The van der Waals surface area contributed by atoms with Crippen molar-refractivity contribution < 1.29 is 4.39 Å². The molecule has 0 nitrogen and oxygen atoms in total. The minimum atomic E-state index is -0.472. The third-order valence-corrected chi connectivity index (χ3v) is 0.357. The van der Waals surface area contributed by atoms with Gasteiger partial charge in [0.2, 0.25) is 0 Å². The number of allylic oxidation sites excluding steroid dienone is 1. The fourth-order valence-electron chi connectivity index (χ4n) is 0. The second kappa shape index (κ2) is 2.39. The zero-order valence-electron chi connectivity index (χ0n) is 2.67. The first-order valence-electron chi connectivity index (χ1n) is 1.16. The fourth-order valence-corrected chi connectivity index (χ4v) is 0. The van der Waals surface area contributed by atoms with Crippen LogP contribution in [0.15, 0.2) is 11.1 Å². The van der Waals surface area contributed by atoms with Crippen LogP contribution >= 0.6 is 15.9 Å². The maximum atomic E-state index is 11.0. The van der Waals surface area contributed by atoms with Crippen LogP contribution in [0.25, 0.3) is 0 Å². The van der Waals surface area contributed by atoms with Crippen LogP contribution in [-0.4, -0.2) is 6.67 Å². The molecule has 0 bridgehead atoms. The largest absolute Gasteiger partial charge is 0.245 e. The lowest BCUT2D eigenvalue weighted by atomic mass is 10.7. The van der Waals surface area contributed by atoms with E-state index in [1.165, 1.54) is 0 Å². The van der Waals surface area contributed by atoms with Crippen LogP contribution in [-0.2, 0) is 0 Å². The summed E-state index contributed by atoms with van der Waals surface area (Å²) in [5.74, 6) is 0. The molecule has 0 rings (SSSR count). The molecule has 0 amide bonds. The Morgan fingerprint density at radius 3 is 2.20 bits per heavy atom. The molecule has 30 valence electrons. The minimum absolute atomic E-state index is 0.400. The molecule has 0 N–H and O–H groups in total. The van der Waals surface area contributed by atoms with Crippen LogP contribution < -0.4 is 0 Å². The van der Waals surface area contributed by atoms with Gasteiger partial charge in [-0.2, -0.15) is 0 Å². The molecule has 0 atom stereocenters. The van der Waals surface area contributed by atoms with Crippen molar-refractivity contribution in [3.05, 3.63) is 11.1 Å². The van der Waals surface area contributed by atoms with Crippen LogP contribution in [0.3, 0.4) is 0 Å². The summed E-state index contributed by atoms with van der Waals surface area (Å²) in [6.45, 7) is 2.74. The van der Waals surface area contributed by atoms with Crippen molar-refractivity contribution in [1.82, 2.24) is 0 Å². The van der Waals surface area contributed by atoms with Gasteiger partial charge in [-0.1, -0.05) is 22.5 Å². The molecule has 0 aliphatic carbocycles. The molecular formula is C3H4BrF. The van der Waals surface area contributed by atoms with E-state index in [2.05, 4.69) is 22.5 Å². The van der Waals surface area contributed by atoms with Gasteiger partial charge in [0.15, 0.2) is 0 Å². The SMILES string of the molecule is C=C(Br)CF. The third-order valence-electron chi connectivity index (χ3n) is 0.145. The van der Waals surface area contributed by atoms with Crippen LogP contribution in [0.2, 0.25) is 0 Å². The monoisotopic (exact) mass is 138 g/mol. The van der Waals surface area contributed by atoms with Crippen molar-refractivity contribution in [3.8, 4) is 0 Å². The first-order chi connectivity index (χ1) is 2.27. The molecule has 0 fully saturated rings. The molecule has 0 aromatic rings. The maximum absolute atomic E-state index is 11.0. The van der Waals surface area contributed by atoms with Crippen LogP contribution in [0.1, 0.15) is 0 Å². The highest BCUT2D eigenvalue weighted by atomic mass is 79.9. The molecular weight excluding hydrogens is 135 g/mol. The number of halogens is 2. The van der Waals surface area contributed by atoms with Crippen molar-refractivity contribution in [2.24, 2.45) is 0 Å². The molecule has 0 aromatic carbocycles. The van der Waals surface area contributed by atoms with Crippen LogP contribution in [0.5, 0.6) is 0 Å². The van der Waals surface area contributed by atoms with E-state index in [-0.39, 0.29) is 0 Å². The Labute approximate surface area is 38.8 Å². The van der Waals surface area contributed by atoms with E-state index in [4.69, 9.17) is 0 Å². The number of hydrogen-bond donors (Lipinski definition) is 0. The summed E-state index contributed by atoms with van der Waals surface area (Å²) in [4.78, 5) is 0. The van der Waals surface area contributed by atoms with Crippen LogP contribution in [0, 0.1) is 0 Å². The Hall–Kier alpha value is 0.150. The van der Waals surface area contributed by atoms with Gasteiger partial charge < -0.3 is 0 Å². The Morgan fingerprint density at radius 2 is 2.20 bits per heavy atom. The highest BCUT2D eigenvalue weighted by Gasteiger charge is 1.74. The summed E-state index contributed by atoms with van der Waals surface area (Å²) in [7, 11) is 0. The summed E-state index contributed by atoms with van der Waals surface area (Å²) in [5, 5.41) is 0. The summed E-state index contributed by atoms with van der Waals surface area (Å²) in [6, 6.07) is 0. The van der Waals surface area contributed by atoms with Gasteiger partial charge in [-0.15, -0.1) is 0 Å². The zero-order valence-corrected chi connectivity index (χ0v) is 4.26.